The Bertz CT molecular complexity index is 732. The lowest BCUT2D eigenvalue weighted by Gasteiger charge is -2.17. The number of alkyl halides is 1. The lowest BCUT2D eigenvalue weighted by molar-refractivity contribution is -0.149. The van der Waals surface area contributed by atoms with Gasteiger partial charge in [-0.2, -0.15) is 4.98 Å². The molecule has 0 spiro atoms. The highest BCUT2D eigenvalue weighted by atomic mass is 79.9. The third kappa shape index (κ3) is 6.58. The van der Waals surface area contributed by atoms with Gasteiger partial charge in [0.15, 0.2) is 24.0 Å². The van der Waals surface area contributed by atoms with Gasteiger partial charge in [-0.1, -0.05) is 41.5 Å². The molecule has 11 heteroatoms. The summed E-state index contributed by atoms with van der Waals surface area (Å²) in [6.07, 6.45) is -0.502. The Morgan fingerprint density at radius 3 is 2.78 bits per heavy atom. The van der Waals surface area contributed by atoms with Crippen molar-refractivity contribution >= 4 is 44.6 Å². The third-order valence-electron chi connectivity index (χ3n) is 3.42. The number of esters is 1. The van der Waals surface area contributed by atoms with E-state index in [1.165, 1.54) is 13.8 Å². The summed E-state index contributed by atoms with van der Waals surface area (Å²) in [5, 5.41) is -0.300. The number of carbonyl (C=O) groups is 2. The van der Waals surface area contributed by atoms with Crippen molar-refractivity contribution in [1.82, 2.24) is 9.55 Å². The number of nitrogen functional groups attached to an aromatic ring is 1. The van der Waals surface area contributed by atoms with Crippen LogP contribution in [-0.4, -0.2) is 43.4 Å². The van der Waals surface area contributed by atoms with Crippen LogP contribution < -0.4 is 11.4 Å². The van der Waals surface area contributed by atoms with E-state index >= 15 is 0 Å². The van der Waals surface area contributed by atoms with E-state index in [4.69, 9.17) is 15.2 Å². The maximum Gasteiger partial charge on any atom is 0.351 e. The first-order valence-electron chi connectivity index (χ1n) is 8.36. The molecule has 0 saturated carbocycles. The molecular formula is C16H23BrFN3O5S. The molecule has 1 aromatic rings. The minimum Gasteiger partial charge on any atom is -0.454 e. The Balaban J connectivity index is 0.00000176. The monoisotopic (exact) mass is 467 g/mol. The first-order valence-corrected chi connectivity index (χ1v) is 10.3. The minimum atomic E-state index is -0.850. The van der Waals surface area contributed by atoms with Crippen LogP contribution in [0.5, 0.6) is 0 Å². The van der Waals surface area contributed by atoms with E-state index in [-0.39, 0.29) is 16.0 Å². The second-order valence-electron chi connectivity index (χ2n) is 5.45. The van der Waals surface area contributed by atoms with E-state index < -0.39 is 35.6 Å². The van der Waals surface area contributed by atoms with Gasteiger partial charge in [-0.25, -0.2) is 9.18 Å². The minimum absolute atomic E-state index is 0.262. The van der Waals surface area contributed by atoms with Gasteiger partial charge in [0.2, 0.25) is 5.12 Å². The average Bonchev–Trinajstić information content (AvgIpc) is 2.97. The summed E-state index contributed by atoms with van der Waals surface area (Å²) in [5.74, 6) is -1.51. The fraction of sp³-hybridized carbons (Fsp3) is 0.625. The summed E-state index contributed by atoms with van der Waals surface area (Å²) < 4.78 is 25.1. The van der Waals surface area contributed by atoms with Gasteiger partial charge in [0, 0.05) is 12.7 Å². The van der Waals surface area contributed by atoms with E-state index in [9.17, 15) is 18.8 Å². The molecule has 1 saturated heterocycles. The third-order valence-corrected chi connectivity index (χ3v) is 5.40. The topological polar surface area (TPSA) is 114 Å². The number of hydrogen-bond acceptors (Lipinski definition) is 8. The van der Waals surface area contributed by atoms with Crippen molar-refractivity contribution in [3.63, 3.8) is 0 Å². The molecule has 152 valence electrons. The first kappa shape index (κ1) is 23.6. The van der Waals surface area contributed by atoms with Crippen molar-refractivity contribution < 1.29 is 23.5 Å². The molecule has 2 heterocycles. The fourth-order valence-electron chi connectivity index (χ4n) is 2.28. The molecule has 1 aromatic heterocycles. The highest BCUT2D eigenvalue weighted by Crippen LogP contribution is 2.35. The number of hydrogen-bond donors (Lipinski definition) is 1. The van der Waals surface area contributed by atoms with Crippen LogP contribution in [0.4, 0.5) is 10.2 Å². The SMILES string of the molecule is CC.CC(=O)OC(C)C(=O)SCC1CC(Br)C(n2cc(F)c(N)nc2=O)O1. The van der Waals surface area contributed by atoms with Crippen LogP contribution in [-0.2, 0) is 19.1 Å². The van der Waals surface area contributed by atoms with E-state index in [0.29, 0.717) is 12.2 Å². The molecular weight excluding hydrogens is 445 g/mol. The summed E-state index contributed by atoms with van der Waals surface area (Å²) in [5.41, 5.74) is 4.54. The van der Waals surface area contributed by atoms with Gasteiger partial charge in [0.05, 0.1) is 17.1 Å². The van der Waals surface area contributed by atoms with Crippen LogP contribution in [0.3, 0.4) is 0 Å². The molecule has 8 nitrogen and oxygen atoms in total. The molecule has 4 unspecified atom stereocenters. The highest BCUT2D eigenvalue weighted by molar-refractivity contribution is 9.09. The van der Waals surface area contributed by atoms with E-state index in [0.717, 1.165) is 22.5 Å². The molecule has 27 heavy (non-hydrogen) atoms. The number of nitrogens with zero attached hydrogens (tertiary/aromatic N) is 2. The van der Waals surface area contributed by atoms with Crippen LogP contribution in [0.1, 0.15) is 40.3 Å². The van der Waals surface area contributed by atoms with Crippen molar-refractivity contribution in [2.45, 2.75) is 57.4 Å². The van der Waals surface area contributed by atoms with Crippen LogP contribution >= 0.6 is 27.7 Å². The summed E-state index contributed by atoms with van der Waals surface area (Å²) in [6.45, 7) is 6.72. The van der Waals surface area contributed by atoms with E-state index in [1.807, 2.05) is 13.8 Å². The Labute approximate surface area is 169 Å². The molecule has 4 atom stereocenters. The fourth-order valence-corrected chi connectivity index (χ4v) is 3.93. The molecule has 0 aliphatic carbocycles. The largest absolute Gasteiger partial charge is 0.454 e. The van der Waals surface area contributed by atoms with Crippen molar-refractivity contribution in [2.75, 3.05) is 11.5 Å². The zero-order valence-corrected chi connectivity index (χ0v) is 17.9. The van der Waals surface area contributed by atoms with Crippen LogP contribution in [0, 0.1) is 5.82 Å². The van der Waals surface area contributed by atoms with E-state index in [1.54, 1.807) is 0 Å². The number of ether oxygens (including phenoxy) is 2. The molecule has 1 aliphatic heterocycles. The van der Waals surface area contributed by atoms with Crippen LogP contribution in [0.2, 0.25) is 0 Å². The van der Waals surface area contributed by atoms with Crippen molar-refractivity contribution in [3.05, 3.63) is 22.5 Å². The normalized spacial score (nSPS) is 22.5. The lowest BCUT2D eigenvalue weighted by atomic mass is 10.2. The molecule has 1 aliphatic rings. The van der Waals surface area contributed by atoms with Crippen molar-refractivity contribution in [3.8, 4) is 0 Å². The number of aromatic nitrogens is 2. The first-order chi connectivity index (χ1) is 12.7. The number of halogens is 2. The summed E-state index contributed by atoms with van der Waals surface area (Å²) in [7, 11) is 0. The second kappa shape index (κ2) is 10.8. The molecule has 0 bridgehead atoms. The van der Waals surface area contributed by atoms with Gasteiger partial charge in [0.25, 0.3) is 0 Å². The number of carbonyl (C=O) groups excluding carboxylic acids is 2. The van der Waals surface area contributed by atoms with Gasteiger partial charge >= 0.3 is 11.7 Å². The molecule has 0 aromatic carbocycles. The maximum atomic E-state index is 13.6. The highest BCUT2D eigenvalue weighted by Gasteiger charge is 2.36. The predicted octanol–water partition coefficient (Wildman–Crippen LogP) is 2.25. The number of anilines is 1. The van der Waals surface area contributed by atoms with Gasteiger partial charge in [-0.15, -0.1) is 0 Å². The summed E-state index contributed by atoms with van der Waals surface area (Å²) in [6, 6.07) is 0. The molecule has 0 radical (unpaired) electrons. The van der Waals surface area contributed by atoms with Crippen LogP contribution in [0.25, 0.3) is 0 Å². The smallest absolute Gasteiger partial charge is 0.351 e. The summed E-state index contributed by atoms with van der Waals surface area (Å²) in [4.78, 5) is 37.8. The maximum absolute atomic E-state index is 13.6. The van der Waals surface area contributed by atoms with Gasteiger partial charge < -0.3 is 15.2 Å². The molecule has 2 N–H and O–H groups in total. The second-order valence-corrected chi connectivity index (χ2v) is 7.65. The van der Waals surface area contributed by atoms with Gasteiger partial charge in [-0.3, -0.25) is 14.2 Å². The lowest BCUT2D eigenvalue weighted by Crippen LogP contribution is -2.31. The quantitative estimate of drug-likeness (QED) is 0.517. The Hall–Kier alpha value is -1.46. The molecule has 0 amide bonds. The van der Waals surface area contributed by atoms with Gasteiger partial charge in [0.1, 0.15) is 0 Å². The average molecular weight is 468 g/mol. The number of nitrogens with two attached hydrogens (primary N) is 1. The van der Waals surface area contributed by atoms with Crippen LogP contribution in [0.15, 0.2) is 11.0 Å². The van der Waals surface area contributed by atoms with E-state index in [2.05, 4.69) is 20.9 Å². The zero-order valence-electron chi connectivity index (χ0n) is 15.5. The van der Waals surface area contributed by atoms with Gasteiger partial charge in [-0.05, 0) is 13.3 Å². The molecule has 2 rings (SSSR count). The molecule has 1 fully saturated rings. The number of rotatable bonds is 5. The Morgan fingerprint density at radius 2 is 2.19 bits per heavy atom. The van der Waals surface area contributed by atoms with Crippen molar-refractivity contribution in [1.29, 1.82) is 0 Å². The van der Waals surface area contributed by atoms with Crippen molar-refractivity contribution in [2.24, 2.45) is 0 Å². The Kier molecular flexibility index (Phi) is 9.40. The zero-order chi connectivity index (χ0) is 20.7. The Morgan fingerprint density at radius 1 is 1.56 bits per heavy atom. The number of thioether (sulfide) groups is 1. The summed E-state index contributed by atoms with van der Waals surface area (Å²) >= 11 is 4.37. The standard InChI is InChI=1S/C14H17BrFN3O5S.C2H6/c1-6(23-7(2)20)13(21)25-5-8-3-9(15)12(24-8)19-4-10(16)11(17)18-14(19)22;1-2/h4,6,8-9,12H,3,5H2,1-2H3,(H2,17,18,22);1-2H3. The predicted molar refractivity (Wildman–Crippen MR) is 104 cm³/mol.